The van der Waals surface area contributed by atoms with Crippen LogP contribution in [0.1, 0.15) is 24.1 Å². The Bertz CT molecular complexity index is 863. The van der Waals surface area contributed by atoms with Gasteiger partial charge in [-0.05, 0) is 31.5 Å². The molecule has 1 aromatic carbocycles. The van der Waals surface area contributed by atoms with Gasteiger partial charge in [0.05, 0.1) is 11.6 Å². The number of nitrogens with zero attached hydrogens (tertiary/aromatic N) is 4. The molecule has 0 aliphatic carbocycles. The maximum Gasteiger partial charge on any atom is 0.231 e. The van der Waals surface area contributed by atoms with E-state index < -0.39 is 0 Å². The van der Waals surface area contributed by atoms with Crippen LogP contribution in [0, 0.1) is 6.92 Å². The lowest BCUT2D eigenvalue weighted by Gasteiger charge is -2.17. The molecule has 1 saturated heterocycles. The largest absolute Gasteiger partial charge is 0.356 e. The number of halogens is 1. The first kappa shape index (κ1) is 15.1. The highest BCUT2D eigenvalue weighted by molar-refractivity contribution is 6.33. The van der Waals surface area contributed by atoms with E-state index in [-0.39, 0.29) is 5.92 Å². The van der Waals surface area contributed by atoms with E-state index in [0.717, 1.165) is 42.5 Å². The van der Waals surface area contributed by atoms with Gasteiger partial charge in [0.1, 0.15) is 5.82 Å². The lowest BCUT2D eigenvalue weighted by Crippen LogP contribution is -2.20. The summed E-state index contributed by atoms with van der Waals surface area (Å²) in [7, 11) is 0. The SMILES string of the molecule is Cc1noc(C2CCN(c3cccc(-c4ccccc4Cl)n3)C2)n1. The molecule has 1 aliphatic heterocycles. The Morgan fingerprint density at radius 3 is 2.79 bits per heavy atom. The molecule has 2 aromatic heterocycles. The van der Waals surface area contributed by atoms with Crippen LogP contribution >= 0.6 is 11.6 Å². The normalized spacial score (nSPS) is 17.4. The van der Waals surface area contributed by atoms with Crippen molar-refractivity contribution >= 4 is 17.4 Å². The van der Waals surface area contributed by atoms with Crippen molar-refractivity contribution in [3.8, 4) is 11.3 Å². The average Bonchev–Trinajstić information content (AvgIpc) is 3.24. The highest BCUT2D eigenvalue weighted by atomic mass is 35.5. The molecule has 1 aliphatic rings. The van der Waals surface area contributed by atoms with Gasteiger partial charge in [-0.1, -0.05) is 41.0 Å². The van der Waals surface area contributed by atoms with Crippen LogP contribution in [0.2, 0.25) is 5.02 Å². The number of rotatable bonds is 3. The molecule has 5 nitrogen and oxygen atoms in total. The second-order valence-corrected chi connectivity index (χ2v) is 6.38. The van der Waals surface area contributed by atoms with E-state index in [9.17, 15) is 0 Å². The van der Waals surface area contributed by atoms with Crippen LogP contribution < -0.4 is 4.90 Å². The Labute approximate surface area is 145 Å². The molecule has 0 radical (unpaired) electrons. The first-order valence-corrected chi connectivity index (χ1v) is 8.35. The first-order chi connectivity index (χ1) is 11.7. The van der Waals surface area contributed by atoms with Crippen LogP contribution in [0.25, 0.3) is 11.3 Å². The molecule has 1 atom stereocenters. The summed E-state index contributed by atoms with van der Waals surface area (Å²) in [5, 5.41) is 4.60. The van der Waals surface area contributed by atoms with E-state index in [4.69, 9.17) is 21.1 Å². The standard InChI is InChI=1S/C18H17ClN4O/c1-12-20-18(24-22-12)13-9-10-23(11-13)17-8-4-7-16(21-17)14-5-2-3-6-15(14)19/h2-8,13H,9-11H2,1H3. The fourth-order valence-electron chi connectivity index (χ4n) is 3.07. The minimum Gasteiger partial charge on any atom is -0.356 e. The van der Waals surface area contributed by atoms with Gasteiger partial charge in [0.2, 0.25) is 5.89 Å². The highest BCUT2D eigenvalue weighted by Gasteiger charge is 2.29. The van der Waals surface area contributed by atoms with Crippen LogP contribution in [0.15, 0.2) is 47.0 Å². The molecular formula is C18H17ClN4O. The average molecular weight is 341 g/mol. The van der Waals surface area contributed by atoms with Gasteiger partial charge in [-0.25, -0.2) is 4.98 Å². The number of hydrogen-bond acceptors (Lipinski definition) is 5. The highest BCUT2D eigenvalue weighted by Crippen LogP contribution is 2.31. The van der Waals surface area contributed by atoms with Gasteiger partial charge in [0, 0.05) is 23.7 Å². The molecule has 24 heavy (non-hydrogen) atoms. The van der Waals surface area contributed by atoms with Crippen molar-refractivity contribution in [1.82, 2.24) is 15.1 Å². The summed E-state index contributed by atoms with van der Waals surface area (Å²) in [5.41, 5.74) is 1.83. The second-order valence-electron chi connectivity index (χ2n) is 5.97. The predicted octanol–water partition coefficient (Wildman–Crippen LogP) is 4.09. The Hall–Kier alpha value is -2.40. The third kappa shape index (κ3) is 2.87. The van der Waals surface area contributed by atoms with Gasteiger partial charge in [-0.3, -0.25) is 0 Å². The van der Waals surface area contributed by atoms with E-state index in [2.05, 4.69) is 15.0 Å². The topological polar surface area (TPSA) is 55.1 Å². The van der Waals surface area contributed by atoms with E-state index >= 15 is 0 Å². The predicted molar refractivity (Wildman–Crippen MR) is 93.3 cm³/mol. The van der Waals surface area contributed by atoms with Crippen molar-refractivity contribution in [3.05, 3.63) is 59.2 Å². The number of benzene rings is 1. The zero-order valence-corrected chi connectivity index (χ0v) is 14.1. The molecule has 6 heteroatoms. The molecule has 0 bridgehead atoms. The van der Waals surface area contributed by atoms with E-state index in [1.807, 2.05) is 49.4 Å². The van der Waals surface area contributed by atoms with Crippen molar-refractivity contribution in [2.24, 2.45) is 0 Å². The molecule has 0 spiro atoms. The summed E-state index contributed by atoms with van der Waals surface area (Å²) < 4.78 is 5.32. The van der Waals surface area contributed by atoms with Crippen LogP contribution in [0.3, 0.4) is 0 Å². The van der Waals surface area contributed by atoms with E-state index in [1.165, 1.54) is 0 Å². The summed E-state index contributed by atoms with van der Waals surface area (Å²) in [5.74, 6) is 2.61. The van der Waals surface area contributed by atoms with Gasteiger partial charge in [-0.2, -0.15) is 4.98 Å². The number of anilines is 1. The van der Waals surface area contributed by atoms with Crippen LogP contribution in [0.4, 0.5) is 5.82 Å². The van der Waals surface area contributed by atoms with Gasteiger partial charge in [0.15, 0.2) is 5.82 Å². The maximum atomic E-state index is 6.30. The van der Waals surface area contributed by atoms with Crippen LogP contribution in [0.5, 0.6) is 0 Å². The molecule has 0 N–H and O–H groups in total. The summed E-state index contributed by atoms with van der Waals surface area (Å²) in [4.78, 5) is 11.4. The molecule has 3 aromatic rings. The van der Waals surface area contributed by atoms with Gasteiger partial charge >= 0.3 is 0 Å². The van der Waals surface area contributed by atoms with Gasteiger partial charge < -0.3 is 9.42 Å². The van der Waals surface area contributed by atoms with Crippen LogP contribution in [-0.4, -0.2) is 28.2 Å². The first-order valence-electron chi connectivity index (χ1n) is 7.98. The molecular weight excluding hydrogens is 324 g/mol. The molecule has 122 valence electrons. The van der Waals surface area contributed by atoms with Crippen molar-refractivity contribution in [2.45, 2.75) is 19.3 Å². The minimum atomic E-state index is 0.261. The van der Waals surface area contributed by atoms with Crippen molar-refractivity contribution in [2.75, 3.05) is 18.0 Å². The molecule has 0 amide bonds. The van der Waals surface area contributed by atoms with Crippen molar-refractivity contribution in [3.63, 3.8) is 0 Å². The quantitative estimate of drug-likeness (QED) is 0.718. The Balaban J connectivity index is 1.57. The lowest BCUT2D eigenvalue weighted by molar-refractivity contribution is 0.356. The lowest BCUT2D eigenvalue weighted by atomic mass is 10.1. The monoisotopic (exact) mass is 340 g/mol. The third-order valence-corrected chi connectivity index (χ3v) is 4.62. The molecule has 4 rings (SSSR count). The molecule has 1 fully saturated rings. The second kappa shape index (κ2) is 6.24. The number of aromatic nitrogens is 3. The number of hydrogen-bond donors (Lipinski definition) is 0. The summed E-state index contributed by atoms with van der Waals surface area (Å²) in [6.07, 6.45) is 0.986. The number of pyridine rings is 1. The molecule has 0 saturated carbocycles. The Morgan fingerprint density at radius 2 is 2.00 bits per heavy atom. The van der Waals surface area contributed by atoms with Crippen LogP contribution in [-0.2, 0) is 0 Å². The van der Waals surface area contributed by atoms with Crippen molar-refractivity contribution < 1.29 is 4.52 Å². The van der Waals surface area contributed by atoms with Crippen molar-refractivity contribution in [1.29, 1.82) is 0 Å². The maximum absolute atomic E-state index is 6.30. The number of aryl methyl sites for hydroxylation is 1. The Kier molecular flexibility index (Phi) is 3.94. The van der Waals surface area contributed by atoms with Gasteiger partial charge in [0.25, 0.3) is 0 Å². The fraction of sp³-hybridized carbons (Fsp3) is 0.278. The molecule has 3 heterocycles. The summed E-state index contributed by atoms with van der Waals surface area (Å²) in [6, 6.07) is 13.8. The summed E-state index contributed by atoms with van der Waals surface area (Å²) >= 11 is 6.30. The van der Waals surface area contributed by atoms with E-state index in [0.29, 0.717) is 10.8 Å². The minimum absolute atomic E-state index is 0.261. The summed E-state index contributed by atoms with van der Waals surface area (Å²) in [6.45, 7) is 3.60. The fourth-order valence-corrected chi connectivity index (χ4v) is 3.30. The molecule has 1 unspecified atom stereocenters. The zero-order valence-electron chi connectivity index (χ0n) is 13.3. The Morgan fingerprint density at radius 1 is 1.12 bits per heavy atom. The van der Waals surface area contributed by atoms with Gasteiger partial charge in [-0.15, -0.1) is 0 Å². The third-order valence-electron chi connectivity index (χ3n) is 4.29. The zero-order chi connectivity index (χ0) is 16.5. The smallest absolute Gasteiger partial charge is 0.231 e. The van der Waals surface area contributed by atoms with E-state index in [1.54, 1.807) is 0 Å².